The standard InChI is InChI=1S/C19H16FN5O3S/c1-2-11-24-18(13-7-3-4-8-14(13)20)22-23-19(24)29-12-17(26)21-15-9-5-6-10-16(15)25(27)28/h2-10H,1,11-12H2,(H,21,26). The maximum absolute atomic E-state index is 14.1. The molecule has 1 amide bonds. The number of carbonyl (C=O) groups is 1. The van der Waals surface area contributed by atoms with E-state index in [9.17, 15) is 19.3 Å². The van der Waals surface area contributed by atoms with Crippen LogP contribution in [0.4, 0.5) is 15.8 Å². The van der Waals surface area contributed by atoms with Gasteiger partial charge in [-0.05, 0) is 18.2 Å². The first kappa shape index (κ1) is 20.2. The number of halogens is 1. The number of amides is 1. The average Bonchev–Trinajstić information content (AvgIpc) is 3.10. The number of para-hydroxylation sites is 2. The monoisotopic (exact) mass is 413 g/mol. The third kappa shape index (κ3) is 4.66. The van der Waals surface area contributed by atoms with Gasteiger partial charge in [-0.3, -0.25) is 19.5 Å². The molecule has 0 atom stereocenters. The summed E-state index contributed by atoms with van der Waals surface area (Å²) in [5, 5.41) is 22.1. The van der Waals surface area contributed by atoms with Gasteiger partial charge in [0.05, 0.1) is 16.2 Å². The summed E-state index contributed by atoms with van der Waals surface area (Å²) in [5.41, 5.74) is 0.211. The summed E-state index contributed by atoms with van der Waals surface area (Å²) in [5.74, 6) is -0.608. The Morgan fingerprint density at radius 3 is 2.69 bits per heavy atom. The van der Waals surface area contributed by atoms with Crippen LogP contribution < -0.4 is 5.32 Å². The molecule has 3 aromatic rings. The minimum absolute atomic E-state index is 0.0569. The fourth-order valence-corrected chi connectivity index (χ4v) is 3.33. The van der Waals surface area contributed by atoms with Crippen LogP contribution >= 0.6 is 11.8 Å². The Balaban J connectivity index is 1.76. The molecule has 0 unspecified atom stereocenters. The van der Waals surface area contributed by atoms with Crippen molar-refractivity contribution in [2.75, 3.05) is 11.1 Å². The number of nitrogens with zero attached hydrogens (tertiary/aromatic N) is 4. The summed E-state index contributed by atoms with van der Waals surface area (Å²) >= 11 is 1.09. The molecule has 2 aromatic carbocycles. The molecule has 1 N–H and O–H groups in total. The molecule has 0 spiro atoms. The highest BCUT2D eigenvalue weighted by Crippen LogP contribution is 2.27. The number of hydrogen-bond acceptors (Lipinski definition) is 6. The largest absolute Gasteiger partial charge is 0.320 e. The van der Waals surface area contributed by atoms with Crippen LogP contribution in [0.15, 0.2) is 66.3 Å². The summed E-state index contributed by atoms with van der Waals surface area (Å²) in [6, 6.07) is 12.1. The zero-order valence-corrected chi connectivity index (χ0v) is 15.9. The Hall–Kier alpha value is -3.53. The summed E-state index contributed by atoms with van der Waals surface area (Å²) in [7, 11) is 0. The fourth-order valence-electron chi connectivity index (χ4n) is 2.59. The van der Waals surface area contributed by atoms with Gasteiger partial charge >= 0.3 is 0 Å². The molecule has 0 fully saturated rings. The van der Waals surface area contributed by atoms with E-state index in [1.54, 1.807) is 34.9 Å². The fraction of sp³-hybridized carbons (Fsp3) is 0.105. The maximum atomic E-state index is 14.1. The zero-order chi connectivity index (χ0) is 20.8. The molecule has 0 aliphatic carbocycles. The van der Waals surface area contributed by atoms with Gasteiger partial charge in [-0.25, -0.2) is 4.39 Å². The molecule has 8 nitrogen and oxygen atoms in total. The van der Waals surface area contributed by atoms with Gasteiger partial charge in [0.2, 0.25) is 5.91 Å². The van der Waals surface area contributed by atoms with Crippen molar-refractivity contribution in [1.82, 2.24) is 14.8 Å². The molecule has 1 heterocycles. The summed E-state index contributed by atoms with van der Waals surface area (Å²) in [6.45, 7) is 4.01. The number of anilines is 1. The number of thioether (sulfide) groups is 1. The molecule has 0 saturated carbocycles. The Labute approximate surface area is 169 Å². The first-order valence-corrected chi connectivity index (χ1v) is 9.45. The van der Waals surface area contributed by atoms with Crippen LogP contribution in [0.2, 0.25) is 0 Å². The number of carbonyl (C=O) groups excluding carboxylic acids is 1. The average molecular weight is 413 g/mol. The van der Waals surface area contributed by atoms with Gasteiger partial charge < -0.3 is 5.32 Å². The molecular weight excluding hydrogens is 397 g/mol. The van der Waals surface area contributed by atoms with Gasteiger partial charge in [-0.1, -0.05) is 42.1 Å². The van der Waals surface area contributed by atoms with Crippen LogP contribution in [0.1, 0.15) is 0 Å². The molecule has 10 heteroatoms. The summed E-state index contributed by atoms with van der Waals surface area (Å²) < 4.78 is 15.8. The lowest BCUT2D eigenvalue weighted by molar-refractivity contribution is -0.383. The van der Waals surface area contributed by atoms with Crippen LogP contribution in [0, 0.1) is 15.9 Å². The minimum atomic E-state index is -0.565. The molecule has 0 saturated heterocycles. The lowest BCUT2D eigenvalue weighted by Gasteiger charge is -2.09. The van der Waals surface area contributed by atoms with E-state index in [1.165, 1.54) is 24.3 Å². The quantitative estimate of drug-likeness (QED) is 0.260. The van der Waals surface area contributed by atoms with E-state index in [1.807, 2.05) is 0 Å². The van der Waals surface area contributed by atoms with E-state index in [2.05, 4.69) is 22.1 Å². The Morgan fingerprint density at radius 2 is 1.97 bits per heavy atom. The minimum Gasteiger partial charge on any atom is -0.320 e. The van der Waals surface area contributed by atoms with Gasteiger partial charge in [0, 0.05) is 12.6 Å². The number of benzene rings is 2. The van der Waals surface area contributed by atoms with Crippen molar-refractivity contribution in [1.29, 1.82) is 0 Å². The Bertz CT molecular complexity index is 1070. The lowest BCUT2D eigenvalue weighted by Crippen LogP contribution is -2.15. The van der Waals surface area contributed by atoms with Crippen LogP contribution in [0.5, 0.6) is 0 Å². The number of nitro benzene ring substituents is 1. The highest BCUT2D eigenvalue weighted by Gasteiger charge is 2.19. The van der Waals surface area contributed by atoms with Crippen LogP contribution in [0.3, 0.4) is 0 Å². The molecule has 3 rings (SSSR count). The van der Waals surface area contributed by atoms with Crippen molar-refractivity contribution in [2.24, 2.45) is 0 Å². The Kier molecular flexibility index (Phi) is 6.35. The van der Waals surface area contributed by atoms with Crippen molar-refractivity contribution >= 4 is 29.0 Å². The van der Waals surface area contributed by atoms with Crippen molar-refractivity contribution in [3.63, 3.8) is 0 Å². The van der Waals surface area contributed by atoms with E-state index in [0.717, 1.165) is 11.8 Å². The van der Waals surface area contributed by atoms with Gasteiger partial charge in [-0.2, -0.15) is 0 Å². The predicted molar refractivity (Wildman–Crippen MR) is 108 cm³/mol. The molecule has 0 aliphatic heterocycles. The lowest BCUT2D eigenvalue weighted by atomic mass is 10.2. The number of nitrogens with one attached hydrogen (secondary N) is 1. The number of nitro groups is 1. The second-order valence-corrected chi connectivity index (χ2v) is 6.74. The summed E-state index contributed by atoms with van der Waals surface area (Å²) in [6.07, 6.45) is 1.62. The van der Waals surface area contributed by atoms with E-state index < -0.39 is 16.6 Å². The van der Waals surface area contributed by atoms with E-state index in [-0.39, 0.29) is 22.7 Å². The molecule has 1 aromatic heterocycles. The van der Waals surface area contributed by atoms with Crippen molar-refractivity contribution in [2.45, 2.75) is 11.7 Å². The smallest absolute Gasteiger partial charge is 0.292 e. The van der Waals surface area contributed by atoms with Crippen LogP contribution in [0.25, 0.3) is 11.4 Å². The highest BCUT2D eigenvalue weighted by atomic mass is 32.2. The topological polar surface area (TPSA) is 103 Å². The number of allylic oxidation sites excluding steroid dienone is 1. The summed E-state index contributed by atoms with van der Waals surface area (Å²) in [4.78, 5) is 22.8. The normalized spacial score (nSPS) is 10.5. The van der Waals surface area contributed by atoms with Gasteiger partial charge in [0.1, 0.15) is 11.5 Å². The third-order valence-corrected chi connectivity index (χ3v) is 4.82. The predicted octanol–water partition coefficient (Wildman–Crippen LogP) is 3.91. The van der Waals surface area contributed by atoms with E-state index in [4.69, 9.17) is 0 Å². The third-order valence-electron chi connectivity index (χ3n) is 3.85. The zero-order valence-electron chi connectivity index (χ0n) is 15.1. The van der Waals surface area contributed by atoms with Gasteiger partial charge in [0.15, 0.2) is 11.0 Å². The second kappa shape index (κ2) is 9.11. The molecule has 0 radical (unpaired) electrons. The van der Waals surface area contributed by atoms with Gasteiger partial charge in [-0.15, -0.1) is 16.8 Å². The van der Waals surface area contributed by atoms with Crippen molar-refractivity contribution in [3.05, 3.63) is 77.1 Å². The number of rotatable bonds is 8. The molecule has 0 aliphatic rings. The van der Waals surface area contributed by atoms with E-state index in [0.29, 0.717) is 17.5 Å². The van der Waals surface area contributed by atoms with Crippen molar-refractivity contribution < 1.29 is 14.1 Å². The first-order chi connectivity index (χ1) is 14.0. The van der Waals surface area contributed by atoms with E-state index >= 15 is 0 Å². The first-order valence-electron chi connectivity index (χ1n) is 8.46. The Morgan fingerprint density at radius 1 is 1.24 bits per heavy atom. The van der Waals surface area contributed by atoms with Crippen molar-refractivity contribution in [3.8, 4) is 11.4 Å². The highest BCUT2D eigenvalue weighted by molar-refractivity contribution is 7.99. The molecule has 29 heavy (non-hydrogen) atoms. The molecule has 0 bridgehead atoms. The number of hydrogen-bond donors (Lipinski definition) is 1. The maximum Gasteiger partial charge on any atom is 0.292 e. The molecular formula is C19H16FN5O3S. The second-order valence-electron chi connectivity index (χ2n) is 5.80. The number of aromatic nitrogens is 3. The van der Waals surface area contributed by atoms with Crippen LogP contribution in [-0.4, -0.2) is 31.3 Å². The van der Waals surface area contributed by atoms with Crippen LogP contribution in [-0.2, 0) is 11.3 Å². The molecule has 148 valence electrons. The SMILES string of the molecule is C=CCn1c(SCC(=O)Nc2ccccc2[N+](=O)[O-])nnc1-c1ccccc1F. The van der Waals surface area contributed by atoms with Gasteiger partial charge in [0.25, 0.3) is 5.69 Å².